The van der Waals surface area contributed by atoms with Crippen molar-refractivity contribution in [1.82, 2.24) is 19.7 Å². The topological polar surface area (TPSA) is 129 Å². The zero-order valence-corrected chi connectivity index (χ0v) is 14.8. The second-order valence-electron chi connectivity index (χ2n) is 5.78. The molecule has 0 spiro atoms. The van der Waals surface area contributed by atoms with Gasteiger partial charge in [0.1, 0.15) is 5.75 Å². The van der Waals surface area contributed by atoms with Gasteiger partial charge in [0.2, 0.25) is 10.0 Å². The molecule has 0 bridgehead atoms. The Bertz CT molecular complexity index is 788. The first-order chi connectivity index (χ1) is 11.8. The molecule has 0 saturated heterocycles. The third-order valence-electron chi connectivity index (χ3n) is 3.45. The molecule has 1 heterocycles. The molecule has 10 heteroatoms. The van der Waals surface area contributed by atoms with Crippen molar-refractivity contribution >= 4 is 15.9 Å². The van der Waals surface area contributed by atoms with Crippen LogP contribution < -0.4 is 15.2 Å². The third kappa shape index (κ3) is 5.54. The summed E-state index contributed by atoms with van der Waals surface area (Å²) < 4.78 is 32.9. The predicted octanol–water partition coefficient (Wildman–Crippen LogP) is 0.145. The molecule has 1 aromatic carbocycles. The van der Waals surface area contributed by atoms with E-state index in [2.05, 4.69) is 14.9 Å². The molecule has 2 rings (SSSR count). The number of nitrogens with zero attached hydrogens (tertiary/aromatic N) is 3. The minimum Gasteiger partial charge on any atom is -0.484 e. The van der Waals surface area contributed by atoms with Crippen LogP contribution in [0.4, 0.5) is 0 Å². The molecule has 1 amide bonds. The Morgan fingerprint density at radius 3 is 2.36 bits per heavy atom. The van der Waals surface area contributed by atoms with Crippen molar-refractivity contribution in [3.8, 4) is 5.75 Å². The normalized spacial score (nSPS) is 12.9. The first kappa shape index (κ1) is 18.9. The van der Waals surface area contributed by atoms with Gasteiger partial charge in [-0.05, 0) is 30.2 Å². The van der Waals surface area contributed by atoms with Crippen molar-refractivity contribution in [2.45, 2.75) is 31.3 Å². The summed E-state index contributed by atoms with van der Waals surface area (Å²) in [5, 5.41) is 8.01. The zero-order valence-electron chi connectivity index (χ0n) is 14.0. The van der Waals surface area contributed by atoms with E-state index >= 15 is 0 Å². The van der Waals surface area contributed by atoms with Crippen molar-refractivity contribution in [1.29, 1.82) is 0 Å². The highest BCUT2D eigenvalue weighted by Gasteiger charge is 2.23. The summed E-state index contributed by atoms with van der Waals surface area (Å²) in [4.78, 5) is 12.2. The molecule has 25 heavy (non-hydrogen) atoms. The van der Waals surface area contributed by atoms with Crippen molar-refractivity contribution in [2.24, 2.45) is 11.7 Å². The molecule has 136 valence electrons. The minimum atomic E-state index is -3.72. The van der Waals surface area contributed by atoms with E-state index in [0.717, 1.165) is 0 Å². The van der Waals surface area contributed by atoms with Gasteiger partial charge in [0.15, 0.2) is 6.61 Å². The molecule has 2 aromatic rings. The van der Waals surface area contributed by atoms with Crippen molar-refractivity contribution in [3.63, 3.8) is 0 Å². The molecule has 1 aromatic heterocycles. The Hall–Kier alpha value is -2.46. The van der Waals surface area contributed by atoms with Crippen LogP contribution in [-0.4, -0.2) is 42.0 Å². The summed E-state index contributed by atoms with van der Waals surface area (Å²) in [5.74, 6) is -0.205. The van der Waals surface area contributed by atoms with Gasteiger partial charge in [-0.25, -0.2) is 13.1 Å². The minimum absolute atomic E-state index is 0.0407. The SMILES string of the molecule is CC(C)C(Cn1nccn1)NS(=O)(=O)c1ccc(OCC(N)=O)cc1. The van der Waals surface area contributed by atoms with Gasteiger partial charge in [-0.1, -0.05) is 13.8 Å². The number of rotatable bonds is 9. The number of hydrogen-bond acceptors (Lipinski definition) is 6. The van der Waals surface area contributed by atoms with E-state index in [1.165, 1.54) is 41.5 Å². The summed E-state index contributed by atoms with van der Waals surface area (Å²) in [5.41, 5.74) is 5.00. The lowest BCUT2D eigenvalue weighted by Gasteiger charge is -2.21. The van der Waals surface area contributed by atoms with Gasteiger partial charge in [-0.15, -0.1) is 0 Å². The van der Waals surface area contributed by atoms with E-state index in [0.29, 0.717) is 12.3 Å². The van der Waals surface area contributed by atoms with E-state index in [4.69, 9.17) is 10.5 Å². The summed E-state index contributed by atoms with van der Waals surface area (Å²) in [6.07, 6.45) is 3.08. The fourth-order valence-corrected chi connectivity index (χ4v) is 3.41. The second-order valence-corrected chi connectivity index (χ2v) is 7.50. The first-order valence-corrected chi connectivity index (χ1v) is 9.14. The number of carbonyl (C=O) groups excluding carboxylic acids is 1. The van der Waals surface area contributed by atoms with Gasteiger partial charge in [-0.2, -0.15) is 15.0 Å². The van der Waals surface area contributed by atoms with Gasteiger partial charge >= 0.3 is 0 Å². The van der Waals surface area contributed by atoms with Gasteiger partial charge < -0.3 is 10.5 Å². The number of aromatic nitrogens is 3. The van der Waals surface area contributed by atoms with Crippen molar-refractivity contribution in [3.05, 3.63) is 36.7 Å². The third-order valence-corrected chi connectivity index (χ3v) is 4.96. The summed E-state index contributed by atoms with van der Waals surface area (Å²) >= 11 is 0. The second kappa shape index (κ2) is 8.08. The highest BCUT2D eigenvalue weighted by molar-refractivity contribution is 7.89. The number of primary amides is 1. The van der Waals surface area contributed by atoms with E-state index in [1.807, 2.05) is 13.8 Å². The molecular formula is C15H21N5O4S. The molecule has 0 aliphatic rings. The fourth-order valence-electron chi connectivity index (χ4n) is 2.03. The van der Waals surface area contributed by atoms with Gasteiger partial charge in [0.05, 0.1) is 23.8 Å². The molecule has 1 unspecified atom stereocenters. The molecule has 0 fully saturated rings. The summed E-state index contributed by atoms with van der Waals surface area (Å²) in [6, 6.07) is 5.38. The molecule has 0 aliphatic carbocycles. The van der Waals surface area contributed by atoms with Crippen LogP contribution in [0.1, 0.15) is 13.8 Å². The van der Waals surface area contributed by atoms with Crippen LogP contribution in [0.25, 0.3) is 0 Å². The monoisotopic (exact) mass is 367 g/mol. The van der Waals surface area contributed by atoms with Crippen LogP contribution in [0.5, 0.6) is 5.75 Å². The van der Waals surface area contributed by atoms with Crippen LogP contribution in [0.3, 0.4) is 0 Å². The standard InChI is InChI=1S/C15H21N5O4S/c1-11(2)14(9-20-17-7-8-18-20)19-25(22,23)13-5-3-12(4-6-13)24-10-15(16)21/h3-8,11,14,19H,9-10H2,1-2H3,(H2,16,21). The Balaban J connectivity index is 2.09. The van der Waals surface area contributed by atoms with Gasteiger partial charge in [-0.3, -0.25) is 4.79 Å². The number of nitrogens with two attached hydrogens (primary N) is 1. The van der Waals surface area contributed by atoms with Crippen LogP contribution in [0.2, 0.25) is 0 Å². The average Bonchev–Trinajstić information content (AvgIpc) is 3.05. The molecule has 3 N–H and O–H groups in total. The lowest BCUT2D eigenvalue weighted by Crippen LogP contribution is -2.41. The molecule has 9 nitrogen and oxygen atoms in total. The maximum Gasteiger partial charge on any atom is 0.255 e. The summed E-state index contributed by atoms with van der Waals surface area (Å²) in [6.45, 7) is 3.88. The maximum absolute atomic E-state index is 12.6. The number of carbonyl (C=O) groups is 1. The number of ether oxygens (including phenoxy) is 1. The maximum atomic E-state index is 12.6. The van der Waals surface area contributed by atoms with Crippen molar-refractivity contribution < 1.29 is 17.9 Å². The number of benzene rings is 1. The first-order valence-electron chi connectivity index (χ1n) is 7.65. The van der Waals surface area contributed by atoms with E-state index in [1.54, 1.807) is 0 Å². The number of sulfonamides is 1. The smallest absolute Gasteiger partial charge is 0.255 e. The van der Waals surface area contributed by atoms with E-state index in [-0.39, 0.29) is 23.5 Å². The predicted molar refractivity (Wildman–Crippen MR) is 90.1 cm³/mol. The molecule has 0 aliphatic heterocycles. The number of hydrogen-bond donors (Lipinski definition) is 2. The quantitative estimate of drug-likeness (QED) is 0.649. The largest absolute Gasteiger partial charge is 0.484 e. The molecular weight excluding hydrogens is 346 g/mol. The van der Waals surface area contributed by atoms with E-state index < -0.39 is 15.9 Å². The fraction of sp³-hybridized carbons (Fsp3) is 0.400. The Morgan fingerprint density at radius 2 is 1.84 bits per heavy atom. The number of amides is 1. The summed E-state index contributed by atoms with van der Waals surface area (Å²) in [7, 11) is -3.72. The molecule has 0 saturated carbocycles. The number of nitrogens with one attached hydrogen (secondary N) is 1. The van der Waals surface area contributed by atoms with Crippen LogP contribution >= 0.6 is 0 Å². The van der Waals surface area contributed by atoms with Gasteiger partial charge in [0.25, 0.3) is 5.91 Å². The zero-order chi connectivity index (χ0) is 18.4. The Labute approximate surface area is 146 Å². The molecule has 0 radical (unpaired) electrons. The highest BCUT2D eigenvalue weighted by atomic mass is 32.2. The van der Waals surface area contributed by atoms with Crippen molar-refractivity contribution in [2.75, 3.05) is 6.61 Å². The lowest BCUT2D eigenvalue weighted by molar-refractivity contribution is -0.119. The Kier molecular flexibility index (Phi) is 6.10. The van der Waals surface area contributed by atoms with Crippen LogP contribution in [0, 0.1) is 5.92 Å². The van der Waals surface area contributed by atoms with E-state index in [9.17, 15) is 13.2 Å². The highest BCUT2D eigenvalue weighted by Crippen LogP contribution is 2.17. The van der Waals surface area contributed by atoms with Crippen LogP contribution in [-0.2, 0) is 21.4 Å². The van der Waals surface area contributed by atoms with Gasteiger partial charge in [0, 0.05) is 6.04 Å². The van der Waals surface area contributed by atoms with Crippen LogP contribution in [0.15, 0.2) is 41.6 Å². The average molecular weight is 367 g/mol. The molecule has 1 atom stereocenters. The lowest BCUT2D eigenvalue weighted by atomic mass is 10.1. The Morgan fingerprint density at radius 1 is 1.24 bits per heavy atom.